The number of carbonyl (C=O) groups is 1. The van der Waals surface area contributed by atoms with Crippen LogP contribution in [0, 0.1) is 0 Å². The molecule has 2 aromatic rings. The van der Waals surface area contributed by atoms with Gasteiger partial charge in [-0.05, 0) is 36.4 Å². The molecular formula is C21H24O10. The second kappa shape index (κ2) is 9.94. The molecule has 1 saturated heterocycles. The molecule has 0 spiro atoms. The molecule has 31 heavy (non-hydrogen) atoms. The van der Waals surface area contributed by atoms with Crippen molar-refractivity contribution < 1.29 is 49.3 Å². The number of benzene rings is 2. The molecule has 5 N–H and O–H groups in total. The van der Waals surface area contributed by atoms with E-state index in [1.54, 1.807) is 24.3 Å². The van der Waals surface area contributed by atoms with Crippen LogP contribution in [0.15, 0.2) is 42.5 Å². The van der Waals surface area contributed by atoms with Crippen LogP contribution in [0.3, 0.4) is 0 Å². The molecule has 5 unspecified atom stereocenters. The molecule has 1 heterocycles. The van der Waals surface area contributed by atoms with Gasteiger partial charge in [0.25, 0.3) is 0 Å². The maximum Gasteiger partial charge on any atom is 0.229 e. The van der Waals surface area contributed by atoms with Gasteiger partial charge in [-0.3, -0.25) is 4.79 Å². The molecule has 10 nitrogen and oxygen atoms in total. The van der Waals surface area contributed by atoms with Crippen molar-refractivity contribution >= 4 is 5.78 Å². The van der Waals surface area contributed by atoms with Crippen molar-refractivity contribution in [1.29, 1.82) is 0 Å². The van der Waals surface area contributed by atoms with Crippen molar-refractivity contribution in [2.45, 2.75) is 30.7 Å². The molecule has 0 amide bonds. The number of hydrogen-bond acceptors (Lipinski definition) is 10. The molecule has 0 bridgehead atoms. The van der Waals surface area contributed by atoms with Crippen LogP contribution in [0.4, 0.5) is 0 Å². The number of aliphatic hydroxyl groups excluding tert-OH is 4. The van der Waals surface area contributed by atoms with Gasteiger partial charge in [0.2, 0.25) is 12.1 Å². The second-order valence-electron chi connectivity index (χ2n) is 6.88. The quantitative estimate of drug-likeness (QED) is 0.353. The van der Waals surface area contributed by atoms with E-state index < -0.39 is 43.1 Å². The summed E-state index contributed by atoms with van der Waals surface area (Å²) in [6.45, 7) is -0.912. The first-order valence-corrected chi connectivity index (χ1v) is 9.44. The number of methoxy groups -OCH3 is 1. The molecule has 0 radical (unpaired) electrons. The Kier molecular flexibility index (Phi) is 7.31. The summed E-state index contributed by atoms with van der Waals surface area (Å²) >= 11 is 0. The van der Waals surface area contributed by atoms with E-state index >= 15 is 0 Å². The fourth-order valence-electron chi connectivity index (χ4n) is 3.02. The van der Waals surface area contributed by atoms with Crippen LogP contribution < -0.4 is 14.2 Å². The lowest BCUT2D eigenvalue weighted by atomic mass is 9.99. The smallest absolute Gasteiger partial charge is 0.229 e. The molecule has 168 valence electrons. The summed E-state index contributed by atoms with van der Waals surface area (Å²) in [6.07, 6.45) is -7.25. The number of phenols is 1. The number of carbonyl (C=O) groups excluding carboxylic acids is 1. The summed E-state index contributed by atoms with van der Waals surface area (Å²) < 4.78 is 21.1. The number of rotatable bonds is 8. The van der Waals surface area contributed by atoms with Crippen LogP contribution >= 0.6 is 0 Å². The third kappa shape index (κ3) is 5.24. The van der Waals surface area contributed by atoms with E-state index in [4.69, 9.17) is 18.9 Å². The number of ether oxygens (including phenoxy) is 4. The fourth-order valence-corrected chi connectivity index (χ4v) is 3.02. The fraction of sp³-hybridized carbons (Fsp3) is 0.381. The summed E-state index contributed by atoms with van der Waals surface area (Å²) in [4.78, 5) is 12.4. The highest BCUT2D eigenvalue weighted by molar-refractivity contribution is 5.99. The summed E-state index contributed by atoms with van der Waals surface area (Å²) in [5.74, 6) is 0.273. The maximum absolute atomic E-state index is 12.4. The molecule has 5 atom stereocenters. The summed E-state index contributed by atoms with van der Waals surface area (Å²) in [5, 5.41) is 49.1. The summed E-state index contributed by atoms with van der Waals surface area (Å²) in [6, 6.07) is 10.5. The zero-order chi connectivity index (χ0) is 22.5. The van der Waals surface area contributed by atoms with Gasteiger partial charge in [-0.1, -0.05) is 0 Å². The van der Waals surface area contributed by atoms with Gasteiger partial charge in [-0.2, -0.15) is 0 Å². The first kappa shape index (κ1) is 22.8. The second-order valence-corrected chi connectivity index (χ2v) is 6.88. The van der Waals surface area contributed by atoms with E-state index in [0.717, 1.165) is 6.07 Å². The minimum atomic E-state index is -1.60. The van der Waals surface area contributed by atoms with E-state index in [9.17, 15) is 30.3 Å². The van der Waals surface area contributed by atoms with Crippen molar-refractivity contribution in [3.63, 3.8) is 0 Å². The lowest BCUT2D eigenvalue weighted by Gasteiger charge is -2.39. The zero-order valence-electron chi connectivity index (χ0n) is 16.6. The molecule has 1 aliphatic rings. The van der Waals surface area contributed by atoms with Crippen LogP contribution in [0.2, 0.25) is 0 Å². The Labute approximate surface area is 177 Å². The third-order valence-electron chi connectivity index (χ3n) is 4.80. The molecule has 1 fully saturated rings. The van der Waals surface area contributed by atoms with Gasteiger partial charge in [-0.15, -0.1) is 0 Å². The van der Waals surface area contributed by atoms with Gasteiger partial charge in [-0.25, -0.2) is 0 Å². The number of hydrogen-bond donors (Lipinski definition) is 5. The average molecular weight is 436 g/mol. The topological polar surface area (TPSA) is 155 Å². The van der Waals surface area contributed by atoms with Crippen LogP contribution in [0.1, 0.15) is 10.4 Å². The van der Waals surface area contributed by atoms with Crippen molar-refractivity contribution in [1.82, 2.24) is 0 Å². The third-order valence-corrected chi connectivity index (χ3v) is 4.80. The van der Waals surface area contributed by atoms with Gasteiger partial charge in [0.05, 0.1) is 19.3 Å². The SMILES string of the molecule is COc1ccc(OCC(=O)c2ccc(OC3OC(CO)C(O)C(O)C3O)cc2O)cc1. The molecule has 10 heteroatoms. The van der Waals surface area contributed by atoms with Gasteiger partial charge in [0, 0.05) is 6.07 Å². The largest absolute Gasteiger partial charge is 0.507 e. The van der Waals surface area contributed by atoms with Gasteiger partial charge < -0.3 is 44.5 Å². The van der Waals surface area contributed by atoms with E-state index in [1.807, 2.05) is 0 Å². The zero-order valence-corrected chi connectivity index (χ0v) is 16.6. The van der Waals surface area contributed by atoms with Crippen molar-refractivity contribution in [3.8, 4) is 23.0 Å². The van der Waals surface area contributed by atoms with E-state index in [-0.39, 0.29) is 23.7 Å². The highest BCUT2D eigenvalue weighted by atomic mass is 16.7. The highest BCUT2D eigenvalue weighted by Crippen LogP contribution is 2.28. The standard InChI is InChI=1S/C21H24O10/c1-28-11-2-4-12(5-3-11)29-10-16(24)14-7-6-13(8-15(14)23)30-21-20(27)19(26)18(25)17(9-22)31-21/h2-8,17-23,25-27H,9-10H2,1H3. The highest BCUT2D eigenvalue weighted by Gasteiger charge is 2.44. The lowest BCUT2D eigenvalue weighted by molar-refractivity contribution is -0.277. The normalized spacial score (nSPS) is 25.6. The van der Waals surface area contributed by atoms with Crippen LogP contribution in [-0.4, -0.2) is 82.3 Å². The van der Waals surface area contributed by atoms with Crippen molar-refractivity contribution in [2.75, 3.05) is 20.3 Å². The molecule has 1 aliphatic heterocycles. The first-order chi connectivity index (χ1) is 14.8. The lowest BCUT2D eigenvalue weighted by Crippen LogP contribution is -2.60. The Hall–Kier alpha value is -2.89. The summed E-state index contributed by atoms with van der Waals surface area (Å²) in [7, 11) is 1.53. The van der Waals surface area contributed by atoms with E-state index in [0.29, 0.717) is 11.5 Å². The monoisotopic (exact) mass is 436 g/mol. The Balaban J connectivity index is 1.63. The van der Waals surface area contributed by atoms with Crippen molar-refractivity contribution in [3.05, 3.63) is 48.0 Å². The number of Topliss-reactive ketones (excluding diaryl/α,β-unsaturated/α-hetero) is 1. The average Bonchev–Trinajstić information content (AvgIpc) is 2.78. The minimum Gasteiger partial charge on any atom is -0.507 e. The predicted octanol–water partition coefficient (Wildman–Crippen LogP) is -0.159. The molecule has 2 aromatic carbocycles. The Morgan fingerprint density at radius 1 is 0.968 bits per heavy atom. The molecule has 0 saturated carbocycles. The molecule has 3 rings (SSSR count). The Morgan fingerprint density at radius 3 is 2.23 bits per heavy atom. The maximum atomic E-state index is 12.4. The van der Waals surface area contributed by atoms with Gasteiger partial charge in [0.15, 0.2) is 6.61 Å². The van der Waals surface area contributed by atoms with Crippen molar-refractivity contribution in [2.24, 2.45) is 0 Å². The van der Waals surface area contributed by atoms with Crippen LogP contribution in [0.25, 0.3) is 0 Å². The predicted molar refractivity (Wildman–Crippen MR) is 105 cm³/mol. The minimum absolute atomic E-state index is 0.00494. The Morgan fingerprint density at radius 2 is 1.61 bits per heavy atom. The van der Waals surface area contributed by atoms with Gasteiger partial charge >= 0.3 is 0 Å². The number of phenolic OH excluding ortho intramolecular Hbond substituents is 1. The number of aliphatic hydroxyl groups is 4. The van der Waals surface area contributed by atoms with E-state index in [2.05, 4.69) is 0 Å². The first-order valence-electron chi connectivity index (χ1n) is 9.44. The molecule has 0 aliphatic carbocycles. The number of aromatic hydroxyl groups is 1. The summed E-state index contributed by atoms with van der Waals surface area (Å²) in [5.41, 5.74) is -0.00494. The molecule has 0 aromatic heterocycles. The molecular weight excluding hydrogens is 412 g/mol. The van der Waals surface area contributed by atoms with E-state index in [1.165, 1.54) is 19.2 Å². The van der Waals surface area contributed by atoms with Crippen LogP contribution in [0.5, 0.6) is 23.0 Å². The Bertz CT molecular complexity index is 882. The van der Waals surface area contributed by atoms with Gasteiger partial charge in [0.1, 0.15) is 47.4 Å². The number of ketones is 1. The van der Waals surface area contributed by atoms with Crippen LogP contribution in [-0.2, 0) is 4.74 Å².